The Labute approximate surface area is 96.0 Å². The third-order valence-electron chi connectivity index (χ3n) is 2.14. The SMILES string of the molecule is CC(C)C(CO)Nc1cn[nH]c(=O)c1Br. The largest absolute Gasteiger partial charge is 0.394 e. The molecule has 0 saturated heterocycles. The van der Waals surface area contributed by atoms with Crippen LogP contribution in [0.1, 0.15) is 13.8 Å². The predicted molar refractivity (Wildman–Crippen MR) is 61.9 cm³/mol. The fourth-order valence-electron chi connectivity index (χ4n) is 1.11. The van der Waals surface area contributed by atoms with Gasteiger partial charge in [-0.25, -0.2) is 5.10 Å². The topological polar surface area (TPSA) is 78.0 Å². The molecule has 84 valence electrons. The van der Waals surface area contributed by atoms with Gasteiger partial charge in [0.15, 0.2) is 0 Å². The zero-order valence-electron chi connectivity index (χ0n) is 8.62. The van der Waals surface area contributed by atoms with Gasteiger partial charge in [-0.15, -0.1) is 0 Å². The van der Waals surface area contributed by atoms with E-state index in [4.69, 9.17) is 5.11 Å². The Morgan fingerprint density at radius 3 is 2.87 bits per heavy atom. The molecule has 0 radical (unpaired) electrons. The number of rotatable bonds is 4. The number of aliphatic hydroxyl groups excluding tert-OH is 1. The second kappa shape index (κ2) is 5.27. The summed E-state index contributed by atoms with van der Waals surface area (Å²) in [4.78, 5) is 11.2. The van der Waals surface area contributed by atoms with Crippen molar-refractivity contribution in [3.63, 3.8) is 0 Å². The fourth-order valence-corrected chi connectivity index (χ4v) is 1.41. The van der Waals surface area contributed by atoms with Gasteiger partial charge in [0.1, 0.15) is 4.47 Å². The summed E-state index contributed by atoms with van der Waals surface area (Å²) in [6, 6.07) is -0.0927. The Hall–Kier alpha value is -0.880. The highest BCUT2D eigenvalue weighted by molar-refractivity contribution is 9.10. The third kappa shape index (κ3) is 3.04. The van der Waals surface area contributed by atoms with E-state index in [1.807, 2.05) is 13.8 Å². The second-order valence-corrected chi connectivity index (χ2v) is 4.40. The fraction of sp³-hybridized carbons (Fsp3) is 0.556. The maximum Gasteiger partial charge on any atom is 0.280 e. The van der Waals surface area contributed by atoms with Crippen LogP contribution in [0.5, 0.6) is 0 Å². The predicted octanol–water partition coefficient (Wildman–Crippen LogP) is 0.961. The van der Waals surface area contributed by atoms with Gasteiger partial charge < -0.3 is 10.4 Å². The van der Waals surface area contributed by atoms with Gasteiger partial charge in [-0.2, -0.15) is 5.10 Å². The average Bonchev–Trinajstić information content (AvgIpc) is 2.19. The molecule has 0 fully saturated rings. The van der Waals surface area contributed by atoms with Crippen molar-refractivity contribution in [2.24, 2.45) is 5.92 Å². The minimum absolute atomic E-state index is 0.0108. The van der Waals surface area contributed by atoms with Crippen molar-refractivity contribution in [2.75, 3.05) is 11.9 Å². The van der Waals surface area contributed by atoms with E-state index in [0.717, 1.165) is 0 Å². The lowest BCUT2D eigenvalue weighted by Crippen LogP contribution is -2.30. The number of anilines is 1. The molecule has 0 aromatic carbocycles. The van der Waals surface area contributed by atoms with E-state index in [1.165, 1.54) is 6.20 Å². The zero-order chi connectivity index (χ0) is 11.4. The van der Waals surface area contributed by atoms with Crippen molar-refractivity contribution in [2.45, 2.75) is 19.9 Å². The lowest BCUT2D eigenvalue weighted by Gasteiger charge is -2.21. The molecule has 0 aliphatic rings. The lowest BCUT2D eigenvalue weighted by atomic mass is 10.1. The van der Waals surface area contributed by atoms with Crippen LogP contribution >= 0.6 is 15.9 Å². The summed E-state index contributed by atoms with van der Waals surface area (Å²) in [6.07, 6.45) is 1.51. The van der Waals surface area contributed by atoms with Gasteiger partial charge in [0.25, 0.3) is 5.56 Å². The number of H-pyrrole nitrogens is 1. The minimum Gasteiger partial charge on any atom is -0.394 e. The number of aromatic nitrogens is 2. The first-order valence-corrected chi connectivity index (χ1v) is 5.46. The van der Waals surface area contributed by atoms with E-state index >= 15 is 0 Å². The van der Waals surface area contributed by atoms with Crippen molar-refractivity contribution in [1.82, 2.24) is 10.2 Å². The number of halogens is 1. The molecule has 6 heteroatoms. The molecule has 0 amide bonds. The van der Waals surface area contributed by atoms with Crippen LogP contribution in [0.4, 0.5) is 5.69 Å². The number of hydrogen-bond donors (Lipinski definition) is 3. The normalized spacial score (nSPS) is 12.9. The van der Waals surface area contributed by atoms with Gasteiger partial charge >= 0.3 is 0 Å². The molecule has 5 nitrogen and oxygen atoms in total. The van der Waals surface area contributed by atoms with E-state index in [-0.39, 0.29) is 24.1 Å². The molecule has 1 unspecified atom stereocenters. The molecule has 0 spiro atoms. The molecule has 0 bridgehead atoms. The number of nitrogens with zero attached hydrogens (tertiary/aromatic N) is 1. The van der Waals surface area contributed by atoms with Gasteiger partial charge in [-0.3, -0.25) is 4.79 Å². The molecule has 1 rings (SSSR count). The summed E-state index contributed by atoms with van der Waals surface area (Å²) in [7, 11) is 0. The number of nitrogens with one attached hydrogen (secondary N) is 2. The van der Waals surface area contributed by atoms with Crippen LogP contribution in [0.2, 0.25) is 0 Å². The third-order valence-corrected chi connectivity index (χ3v) is 2.93. The summed E-state index contributed by atoms with van der Waals surface area (Å²) in [5, 5.41) is 18.2. The molecule has 15 heavy (non-hydrogen) atoms. The maximum absolute atomic E-state index is 11.2. The van der Waals surface area contributed by atoms with Gasteiger partial charge in [-0.1, -0.05) is 13.8 Å². The standard InChI is InChI=1S/C9H14BrN3O2/c1-5(2)7(4-14)12-6-3-11-13-9(15)8(6)10/h3,5,7,14H,4H2,1-2H3,(H2,12,13,15). The first-order chi connectivity index (χ1) is 7.06. The average molecular weight is 276 g/mol. The minimum atomic E-state index is -0.291. The van der Waals surface area contributed by atoms with E-state index in [2.05, 4.69) is 31.4 Å². The molecule has 0 saturated carbocycles. The molecule has 1 heterocycles. The quantitative estimate of drug-likeness (QED) is 0.765. The highest BCUT2D eigenvalue weighted by Gasteiger charge is 2.14. The number of aromatic amines is 1. The van der Waals surface area contributed by atoms with E-state index < -0.39 is 0 Å². The van der Waals surface area contributed by atoms with E-state index in [9.17, 15) is 4.79 Å². The summed E-state index contributed by atoms with van der Waals surface area (Å²) in [5.74, 6) is 0.265. The summed E-state index contributed by atoms with van der Waals surface area (Å²) >= 11 is 3.16. The Balaban J connectivity index is 2.88. The highest BCUT2D eigenvalue weighted by Crippen LogP contribution is 2.18. The van der Waals surface area contributed by atoms with Crippen LogP contribution in [0.15, 0.2) is 15.5 Å². The van der Waals surface area contributed by atoms with Crippen molar-refractivity contribution in [3.05, 3.63) is 21.0 Å². The molecule has 3 N–H and O–H groups in total. The van der Waals surface area contributed by atoms with Crippen molar-refractivity contribution in [3.8, 4) is 0 Å². The van der Waals surface area contributed by atoms with Crippen molar-refractivity contribution >= 4 is 21.6 Å². The van der Waals surface area contributed by atoms with Crippen LogP contribution in [0, 0.1) is 5.92 Å². The van der Waals surface area contributed by atoms with Crippen LogP contribution in [-0.4, -0.2) is 28.0 Å². The van der Waals surface area contributed by atoms with Crippen LogP contribution in [0.25, 0.3) is 0 Å². The Morgan fingerprint density at radius 2 is 2.33 bits per heavy atom. The van der Waals surface area contributed by atoms with Crippen LogP contribution in [-0.2, 0) is 0 Å². The molecule has 1 atom stereocenters. The van der Waals surface area contributed by atoms with Gasteiger partial charge in [0.2, 0.25) is 0 Å². The summed E-state index contributed by atoms with van der Waals surface area (Å²) < 4.78 is 0.400. The maximum atomic E-state index is 11.2. The van der Waals surface area contributed by atoms with Crippen LogP contribution in [0.3, 0.4) is 0 Å². The molecular formula is C9H14BrN3O2. The molecule has 1 aromatic rings. The number of hydrogen-bond acceptors (Lipinski definition) is 4. The Bertz CT molecular complexity index is 378. The first kappa shape index (κ1) is 12.2. The van der Waals surface area contributed by atoms with Crippen molar-refractivity contribution in [1.29, 1.82) is 0 Å². The second-order valence-electron chi connectivity index (χ2n) is 3.60. The molecule has 0 aliphatic heterocycles. The van der Waals surface area contributed by atoms with Crippen molar-refractivity contribution < 1.29 is 5.11 Å². The van der Waals surface area contributed by atoms with E-state index in [0.29, 0.717) is 10.2 Å². The van der Waals surface area contributed by atoms with Gasteiger partial charge in [-0.05, 0) is 21.8 Å². The highest BCUT2D eigenvalue weighted by atomic mass is 79.9. The molecular weight excluding hydrogens is 262 g/mol. The van der Waals surface area contributed by atoms with Crippen LogP contribution < -0.4 is 10.9 Å². The van der Waals surface area contributed by atoms with Gasteiger partial charge in [0, 0.05) is 0 Å². The van der Waals surface area contributed by atoms with Gasteiger partial charge in [0.05, 0.1) is 24.5 Å². The smallest absolute Gasteiger partial charge is 0.280 e. The van der Waals surface area contributed by atoms with E-state index in [1.54, 1.807) is 0 Å². The monoisotopic (exact) mass is 275 g/mol. The zero-order valence-corrected chi connectivity index (χ0v) is 10.2. The lowest BCUT2D eigenvalue weighted by molar-refractivity contribution is 0.249. The number of aliphatic hydroxyl groups is 1. The Kier molecular flexibility index (Phi) is 4.28. The summed E-state index contributed by atoms with van der Waals surface area (Å²) in [5.41, 5.74) is 0.298. The first-order valence-electron chi connectivity index (χ1n) is 4.66. The Morgan fingerprint density at radius 1 is 1.67 bits per heavy atom. The molecule has 0 aliphatic carbocycles. The molecule has 1 aromatic heterocycles. The summed E-state index contributed by atoms with van der Waals surface area (Å²) in [6.45, 7) is 3.99.